The van der Waals surface area contributed by atoms with Crippen molar-refractivity contribution in [2.24, 2.45) is 0 Å². The Morgan fingerprint density at radius 3 is 2.54 bits per heavy atom. The van der Waals surface area contributed by atoms with Crippen LogP contribution in [-0.4, -0.2) is 45.1 Å². The van der Waals surface area contributed by atoms with E-state index in [-0.39, 0.29) is 12.1 Å². The van der Waals surface area contributed by atoms with Crippen molar-refractivity contribution in [2.45, 2.75) is 31.6 Å². The van der Waals surface area contributed by atoms with E-state index >= 15 is 0 Å². The van der Waals surface area contributed by atoms with Crippen molar-refractivity contribution in [3.8, 4) is 0 Å². The number of rotatable bonds is 2. The highest BCUT2D eigenvalue weighted by molar-refractivity contribution is 5.51. The second-order valence-corrected chi connectivity index (χ2v) is 6.11. The summed E-state index contributed by atoms with van der Waals surface area (Å²) in [5, 5.41) is 0. The maximum Gasteiger partial charge on any atom is 0.433 e. The maximum atomic E-state index is 12.8. The highest BCUT2D eigenvalue weighted by Gasteiger charge is 2.46. The molecular weight excluding hydrogens is 321 g/mol. The molecule has 3 saturated heterocycles. The zero-order chi connectivity index (χ0) is 16.9. The predicted molar refractivity (Wildman–Crippen MR) is 80.7 cm³/mol. The average Bonchev–Trinajstić information content (AvgIpc) is 2.54. The quantitative estimate of drug-likeness (QED) is 0.837. The Kier molecular flexibility index (Phi) is 3.33. The van der Waals surface area contributed by atoms with E-state index in [2.05, 4.69) is 24.8 Å². The number of piperazine rings is 1. The Balaban J connectivity index is 1.54. The van der Waals surface area contributed by atoms with Gasteiger partial charge in [0.2, 0.25) is 5.95 Å². The van der Waals surface area contributed by atoms with Gasteiger partial charge in [0.1, 0.15) is 17.8 Å². The number of anilines is 2. The Morgan fingerprint density at radius 1 is 1.12 bits per heavy atom. The standard InChI is InChI=1S/C15H15F3N6/c1-9-2-3-19-14(22-9)23-6-10-4-11(7-23)24(10)13-5-12(15(16,17)18)20-8-21-13/h2-3,5,8,10-11H,4,6-7H2,1H3. The molecule has 2 bridgehead atoms. The van der Waals surface area contributed by atoms with Crippen LogP contribution < -0.4 is 9.80 Å². The van der Waals surface area contributed by atoms with E-state index in [1.54, 1.807) is 6.20 Å². The molecule has 3 fully saturated rings. The van der Waals surface area contributed by atoms with E-state index in [0.717, 1.165) is 24.5 Å². The molecule has 0 aliphatic carbocycles. The predicted octanol–water partition coefficient (Wildman–Crippen LogP) is 2.06. The lowest BCUT2D eigenvalue weighted by Gasteiger charge is -2.56. The summed E-state index contributed by atoms with van der Waals surface area (Å²) < 4.78 is 38.5. The molecule has 0 spiro atoms. The molecule has 2 unspecified atom stereocenters. The Bertz CT molecular complexity index is 753. The first kappa shape index (κ1) is 15.1. The summed E-state index contributed by atoms with van der Waals surface area (Å²) in [6.45, 7) is 3.25. The first-order valence-electron chi connectivity index (χ1n) is 7.64. The van der Waals surface area contributed by atoms with E-state index in [9.17, 15) is 13.2 Å². The van der Waals surface area contributed by atoms with Crippen molar-refractivity contribution >= 4 is 11.8 Å². The van der Waals surface area contributed by atoms with Crippen LogP contribution in [0, 0.1) is 6.92 Å². The van der Waals surface area contributed by atoms with Crippen molar-refractivity contribution in [1.82, 2.24) is 19.9 Å². The summed E-state index contributed by atoms with van der Waals surface area (Å²) in [7, 11) is 0. The summed E-state index contributed by atoms with van der Waals surface area (Å²) in [5.74, 6) is 1.01. The molecule has 2 aromatic rings. The number of fused-ring (bicyclic) bond motifs is 2. The molecule has 6 nitrogen and oxygen atoms in total. The van der Waals surface area contributed by atoms with Gasteiger partial charge in [0.25, 0.3) is 0 Å². The Hall–Kier alpha value is -2.45. The fraction of sp³-hybridized carbons (Fsp3) is 0.467. The second-order valence-electron chi connectivity index (χ2n) is 6.11. The highest BCUT2D eigenvalue weighted by Crippen LogP contribution is 2.38. The molecule has 0 N–H and O–H groups in total. The summed E-state index contributed by atoms with van der Waals surface area (Å²) in [6.07, 6.45) is -0.823. The van der Waals surface area contributed by atoms with Gasteiger partial charge >= 0.3 is 6.18 Å². The van der Waals surface area contributed by atoms with E-state index in [1.807, 2.05) is 17.9 Å². The van der Waals surface area contributed by atoms with Crippen molar-refractivity contribution in [2.75, 3.05) is 22.9 Å². The van der Waals surface area contributed by atoms with Crippen LogP contribution in [0.3, 0.4) is 0 Å². The Morgan fingerprint density at radius 2 is 1.88 bits per heavy atom. The van der Waals surface area contributed by atoms with Gasteiger partial charge in [-0.05, 0) is 19.4 Å². The number of alkyl halides is 3. The average molecular weight is 336 g/mol. The summed E-state index contributed by atoms with van der Waals surface area (Å²) in [6, 6.07) is 3.09. The van der Waals surface area contributed by atoms with Crippen LogP contribution in [0.1, 0.15) is 17.8 Å². The number of aryl methyl sites for hydroxylation is 1. The highest BCUT2D eigenvalue weighted by atomic mass is 19.4. The fourth-order valence-corrected chi connectivity index (χ4v) is 3.38. The number of hydrogen-bond acceptors (Lipinski definition) is 6. The van der Waals surface area contributed by atoms with E-state index in [0.29, 0.717) is 24.9 Å². The van der Waals surface area contributed by atoms with Gasteiger partial charge in [-0.3, -0.25) is 0 Å². The molecule has 9 heteroatoms. The monoisotopic (exact) mass is 336 g/mol. The first-order chi connectivity index (χ1) is 11.4. The third kappa shape index (κ3) is 2.53. The van der Waals surface area contributed by atoms with Crippen molar-refractivity contribution < 1.29 is 13.2 Å². The molecule has 126 valence electrons. The molecule has 5 rings (SSSR count). The van der Waals surface area contributed by atoms with Gasteiger partial charge in [0.05, 0.1) is 12.1 Å². The fourth-order valence-electron chi connectivity index (χ4n) is 3.38. The lowest BCUT2D eigenvalue weighted by molar-refractivity contribution is -0.141. The van der Waals surface area contributed by atoms with Gasteiger partial charge < -0.3 is 9.80 Å². The van der Waals surface area contributed by atoms with Crippen LogP contribution in [-0.2, 0) is 6.18 Å². The molecule has 0 saturated carbocycles. The molecular formula is C15H15F3N6. The molecule has 0 aromatic carbocycles. The van der Waals surface area contributed by atoms with Crippen LogP contribution >= 0.6 is 0 Å². The molecule has 5 heterocycles. The lowest BCUT2D eigenvalue weighted by atomic mass is 9.87. The molecule has 3 aliphatic rings. The van der Waals surface area contributed by atoms with Crippen LogP contribution in [0.5, 0.6) is 0 Å². The van der Waals surface area contributed by atoms with Gasteiger partial charge in [-0.2, -0.15) is 13.2 Å². The van der Waals surface area contributed by atoms with Crippen LogP contribution in [0.15, 0.2) is 24.7 Å². The number of aromatic nitrogens is 4. The zero-order valence-corrected chi connectivity index (χ0v) is 12.9. The summed E-state index contributed by atoms with van der Waals surface area (Å²) in [5.41, 5.74) is -0.0157. The zero-order valence-electron chi connectivity index (χ0n) is 12.9. The number of hydrogen-bond donors (Lipinski definition) is 0. The van der Waals surface area contributed by atoms with Gasteiger partial charge in [0, 0.05) is 31.0 Å². The SMILES string of the molecule is Cc1ccnc(N2CC3CC(C2)N3c2cc(C(F)(F)F)ncn2)n1. The van der Waals surface area contributed by atoms with Crippen LogP contribution in [0.4, 0.5) is 24.9 Å². The topological polar surface area (TPSA) is 58.0 Å². The van der Waals surface area contributed by atoms with Crippen molar-refractivity contribution in [3.63, 3.8) is 0 Å². The lowest BCUT2D eigenvalue weighted by Crippen LogP contribution is -2.69. The number of piperidine rings is 1. The summed E-state index contributed by atoms with van der Waals surface area (Å²) >= 11 is 0. The van der Waals surface area contributed by atoms with Gasteiger partial charge in [-0.15, -0.1) is 0 Å². The van der Waals surface area contributed by atoms with E-state index in [1.165, 1.54) is 0 Å². The normalized spacial score (nSPS) is 23.2. The third-order valence-corrected chi connectivity index (χ3v) is 4.47. The maximum absolute atomic E-state index is 12.8. The third-order valence-electron chi connectivity index (χ3n) is 4.47. The van der Waals surface area contributed by atoms with Gasteiger partial charge in [-0.25, -0.2) is 19.9 Å². The molecule has 24 heavy (non-hydrogen) atoms. The first-order valence-corrected chi connectivity index (χ1v) is 7.64. The number of halogens is 3. The minimum atomic E-state index is -4.46. The smallest absolute Gasteiger partial charge is 0.347 e. The van der Waals surface area contributed by atoms with Gasteiger partial charge in [-0.1, -0.05) is 0 Å². The minimum Gasteiger partial charge on any atom is -0.347 e. The minimum absolute atomic E-state index is 0.115. The second kappa shape index (κ2) is 5.29. The van der Waals surface area contributed by atoms with Crippen molar-refractivity contribution in [1.29, 1.82) is 0 Å². The molecule has 0 radical (unpaired) electrons. The molecule has 0 amide bonds. The largest absolute Gasteiger partial charge is 0.433 e. The van der Waals surface area contributed by atoms with Crippen LogP contribution in [0.2, 0.25) is 0 Å². The molecule has 2 atom stereocenters. The summed E-state index contributed by atoms with van der Waals surface area (Å²) in [4.78, 5) is 20.1. The van der Waals surface area contributed by atoms with Crippen molar-refractivity contribution in [3.05, 3.63) is 36.0 Å². The number of nitrogens with zero attached hydrogens (tertiary/aromatic N) is 6. The Labute approximate surface area is 136 Å². The van der Waals surface area contributed by atoms with E-state index < -0.39 is 11.9 Å². The molecule has 3 aliphatic heterocycles. The van der Waals surface area contributed by atoms with Gasteiger partial charge in [0.15, 0.2) is 0 Å². The van der Waals surface area contributed by atoms with E-state index in [4.69, 9.17) is 0 Å². The molecule has 2 aromatic heterocycles. The van der Waals surface area contributed by atoms with Crippen LogP contribution in [0.25, 0.3) is 0 Å².